The van der Waals surface area contributed by atoms with E-state index in [1.54, 1.807) is 12.1 Å². The number of ether oxygens (including phenoxy) is 1. The molecule has 0 unspecified atom stereocenters. The number of likely N-dealkylation sites (N-methyl/N-ethyl adjacent to an activating group) is 1. The number of benzene rings is 2. The maximum Gasteiger partial charge on any atom is 0.419 e. The van der Waals surface area contributed by atoms with Crippen LogP contribution in [0.25, 0.3) is 0 Å². The minimum Gasteiger partial charge on any atom is -0.494 e. The van der Waals surface area contributed by atoms with E-state index in [-0.39, 0.29) is 23.9 Å². The molecule has 3 heterocycles. The normalized spacial score (nSPS) is 17.6. The fourth-order valence-electron chi connectivity index (χ4n) is 5.07. The van der Waals surface area contributed by atoms with E-state index < -0.39 is 23.6 Å². The lowest BCUT2D eigenvalue weighted by Gasteiger charge is -2.35. The summed E-state index contributed by atoms with van der Waals surface area (Å²) in [6, 6.07) is 7.42. The highest BCUT2D eigenvalue weighted by atomic mass is 19.4. The Morgan fingerprint density at radius 2 is 1.88 bits per heavy atom. The molecule has 0 bridgehead atoms. The lowest BCUT2D eigenvalue weighted by Crippen LogP contribution is -2.44. The first kappa shape index (κ1) is 30.0. The number of hydroxylamine groups is 1. The number of carbonyl (C=O) groups is 1. The third-order valence-corrected chi connectivity index (χ3v) is 7.33. The summed E-state index contributed by atoms with van der Waals surface area (Å²) in [4.78, 5) is 31.0. The van der Waals surface area contributed by atoms with Crippen molar-refractivity contribution in [3.63, 3.8) is 0 Å². The number of halogens is 4. The van der Waals surface area contributed by atoms with Crippen LogP contribution >= 0.6 is 0 Å². The van der Waals surface area contributed by atoms with Gasteiger partial charge in [-0.05, 0) is 36.9 Å². The van der Waals surface area contributed by atoms with Crippen LogP contribution in [0.2, 0.25) is 0 Å². The first-order chi connectivity index (χ1) is 20.6. The van der Waals surface area contributed by atoms with Gasteiger partial charge in [-0.2, -0.15) is 13.2 Å². The molecule has 0 saturated carbocycles. The maximum atomic E-state index is 13.9. The Labute approximate surface area is 245 Å². The number of piperazine rings is 1. The molecular formula is C29H31F4N7O3. The number of nitrogens with zero attached hydrogens (tertiary/aromatic N) is 5. The van der Waals surface area contributed by atoms with Gasteiger partial charge in [-0.25, -0.2) is 19.4 Å². The molecule has 43 heavy (non-hydrogen) atoms. The standard InChI is InChI=1S/C29H31F4N7O3/c1-4-28(41)37-21-14-22(25(42-3)15-24(21)39-10-8-38(2)9-11-39)36-26-16-27(35-17-34-26)40-23(7-12-43-40)18-5-6-20(30)19(13-18)29(31,32)33/h4-6,13-17,23H,1,7-12H2,2-3H3,(H,37,41)(H,34,35,36)/t23-/m1/s1. The van der Waals surface area contributed by atoms with Gasteiger partial charge in [0.05, 0.1) is 42.4 Å². The van der Waals surface area contributed by atoms with Gasteiger partial charge >= 0.3 is 6.18 Å². The number of carbonyl (C=O) groups excluding carboxylic acids is 1. The van der Waals surface area contributed by atoms with Gasteiger partial charge in [-0.1, -0.05) is 12.6 Å². The Bertz CT molecular complexity index is 1500. The Morgan fingerprint density at radius 3 is 2.58 bits per heavy atom. The van der Waals surface area contributed by atoms with Gasteiger partial charge in [-0.15, -0.1) is 0 Å². The van der Waals surface area contributed by atoms with Crippen LogP contribution in [0.3, 0.4) is 0 Å². The van der Waals surface area contributed by atoms with Crippen molar-refractivity contribution in [3.05, 3.63) is 72.3 Å². The summed E-state index contributed by atoms with van der Waals surface area (Å²) in [6.07, 6.45) is -2.00. The Morgan fingerprint density at radius 1 is 1.12 bits per heavy atom. The molecule has 1 aromatic heterocycles. The molecule has 14 heteroatoms. The highest BCUT2D eigenvalue weighted by Crippen LogP contribution is 2.41. The van der Waals surface area contributed by atoms with Gasteiger partial charge < -0.3 is 25.2 Å². The van der Waals surface area contributed by atoms with Gasteiger partial charge in [0, 0.05) is 44.7 Å². The Kier molecular flexibility index (Phi) is 8.69. The second kappa shape index (κ2) is 12.4. The molecule has 1 atom stereocenters. The molecule has 2 fully saturated rings. The number of methoxy groups -OCH3 is 1. The second-order valence-electron chi connectivity index (χ2n) is 10.1. The number of hydrogen-bond donors (Lipinski definition) is 2. The van der Waals surface area contributed by atoms with Gasteiger partial charge in [-0.3, -0.25) is 9.63 Å². The smallest absolute Gasteiger partial charge is 0.419 e. The van der Waals surface area contributed by atoms with Crippen molar-refractivity contribution in [1.82, 2.24) is 14.9 Å². The van der Waals surface area contributed by atoms with Crippen LogP contribution in [0.4, 0.5) is 46.3 Å². The molecule has 228 valence electrons. The zero-order valence-corrected chi connectivity index (χ0v) is 23.6. The SMILES string of the molecule is C=CC(=O)Nc1cc(Nc2cc(N3OCC[C@@H]3c3ccc(F)c(C(F)(F)F)c3)ncn2)c(OC)cc1N1CCN(C)CC1. The molecule has 2 N–H and O–H groups in total. The van der Waals surface area contributed by atoms with E-state index in [4.69, 9.17) is 9.57 Å². The second-order valence-corrected chi connectivity index (χ2v) is 10.1. The number of aromatic nitrogens is 2. The van der Waals surface area contributed by atoms with E-state index in [9.17, 15) is 22.4 Å². The number of amides is 1. The lowest BCUT2D eigenvalue weighted by molar-refractivity contribution is -0.140. The van der Waals surface area contributed by atoms with E-state index in [0.29, 0.717) is 29.4 Å². The zero-order valence-electron chi connectivity index (χ0n) is 23.6. The summed E-state index contributed by atoms with van der Waals surface area (Å²) in [5.41, 5.74) is 0.736. The van der Waals surface area contributed by atoms with Crippen molar-refractivity contribution >= 4 is 34.6 Å². The van der Waals surface area contributed by atoms with Crippen LogP contribution in [0.15, 0.2) is 55.4 Å². The van der Waals surface area contributed by atoms with Crippen molar-refractivity contribution in [1.29, 1.82) is 0 Å². The van der Waals surface area contributed by atoms with Gasteiger partial charge in [0.1, 0.15) is 23.7 Å². The van der Waals surface area contributed by atoms with E-state index in [1.807, 2.05) is 6.07 Å². The van der Waals surface area contributed by atoms with Crippen LogP contribution in [0.1, 0.15) is 23.6 Å². The van der Waals surface area contributed by atoms with Crippen molar-refractivity contribution in [2.24, 2.45) is 0 Å². The van der Waals surface area contributed by atoms with Gasteiger partial charge in [0.25, 0.3) is 0 Å². The molecule has 2 aliphatic heterocycles. The number of hydrogen-bond acceptors (Lipinski definition) is 9. The molecule has 1 amide bonds. The molecule has 10 nitrogen and oxygen atoms in total. The van der Waals surface area contributed by atoms with E-state index in [2.05, 4.69) is 44.0 Å². The summed E-state index contributed by atoms with van der Waals surface area (Å²) in [6.45, 7) is 7.01. The fraction of sp³-hybridized carbons (Fsp3) is 0.345. The quantitative estimate of drug-likeness (QED) is 0.269. The number of rotatable bonds is 8. The summed E-state index contributed by atoms with van der Waals surface area (Å²) >= 11 is 0. The van der Waals surface area contributed by atoms with Crippen LogP contribution < -0.4 is 25.3 Å². The van der Waals surface area contributed by atoms with E-state index in [1.165, 1.54) is 30.6 Å². The van der Waals surface area contributed by atoms with Crippen LogP contribution in [-0.4, -0.2) is 67.7 Å². The third-order valence-electron chi connectivity index (χ3n) is 7.33. The van der Waals surface area contributed by atoms with Crippen LogP contribution in [0, 0.1) is 5.82 Å². The maximum absolute atomic E-state index is 13.9. The van der Waals surface area contributed by atoms with Gasteiger partial charge in [0.2, 0.25) is 5.91 Å². The fourth-order valence-corrected chi connectivity index (χ4v) is 5.07. The van der Waals surface area contributed by atoms with Crippen molar-refractivity contribution < 1.29 is 31.9 Å². The minimum atomic E-state index is -4.83. The number of nitrogens with one attached hydrogen (secondary N) is 2. The third kappa shape index (κ3) is 6.65. The molecule has 2 aromatic carbocycles. The van der Waals surface area contributed by atoms with Crippen molar-refractivity contribution in [2.45, 2.75) is 18.6 Å². The average molecular weight is 602 g/mol. The van der Waals surface area contributed by atoms with Gasteiger partial charge in [0.15, 0.2) is 5.82 Å². The highest BCUT2D eigenvalue weighted by molar-refractivity contribution is 6.02. The molecule has 2 aliphatic rings. The summed E-state index contributed by atoms with van der Waals surface area (Å²) < 4.78 is 59.7. The Balaban J connectivity index is 1.44. The molecule has 3 aromatic rings. The summed E-state index contributed by atoms with van der Waals surface area (Å²) in [7, 11) is 3.58. The monoisotopic (exact) mass is 601 g/mol. The van der Waals surface area contributed by atoms with E-state index in [0.717, 1.165) is 44.0 Å². The Hall–Kier alpha value is -4.43. The summed E-state index contributed by atoms with van der Waals surface area (Å²) in [5, 5.41) is 7.45. The molecule has 2 saturated heterocycles. The largest absolute Gasteiger partial charge is 0.494 e. The topological polar surface area (TPSA) is 95.1 Å². The van der Waals surface area contributed by atoms with E-state index >= 15 is 0 Å². The predicted molar refractivity (Wildman–Crippen MR) is 154 cm³/mol. The number of alkyl halides is 3. The van der Waals surface area contributed by atoms with Crippen LogP contribution in [0.5, 0.6) is 5.75 Å². The molecule has 0 aliphatic carbocycles. The highest BCUT2D eigenvalue weighted by Gasteiger charge is 2.37. The number of anilines is 5. The zero-order chi connectivity index (χ0) is 30.7. The molecular weight excluding hydrogens is 570 g/mol. The molecule has 5 rings (SSSR count). The first-order valence-electron chi connectivity index (χ1n) is 13.5. The minimum absolute atomic E-state index is 0.226. The average Bonchev–Trinajstić information content (AvgIpc) is 3.48. The molecule has 0 radical (unpaired) electrons. The van der Waals surface area contributed by atoms with Crippen molar-refractivity contribution in [3.8, 4) is 5.75 Å². The van der Waals surface area contributed by atoms with Crippen LogP contribution in [-0.2, 0) is 15.8 Å². The summed E-state index contributed by atoms with van der Waals surface area (Å²) in [5.74, 6) is -0.604. The molecule has 0 spiro atoms. The van der Waals surface area contributed by atoms with Crippen molar-refractivity contribution in [2.75, 3.05) is 67.5 Å². The first-order valence-corrected chi connectivity index (χ1v) is 13.5. The predicted octanol–water partition coefficient (Wildman–Crippen LogP) is 5.15. The lowest BCUT2D eigenvalue weighted by atomic mass is 10.0.